The second-order valence-corrected chi connectivity index (χ2v) is 6.83. The zero-order valence-corrected chi connectivity index (χ0v) is 12.6. The fourth-order valence-electron chi connectivity index (χ4n) is 2.58. The average molecular weight is 284 g/mol. The molecule has 1 nitrogen and oxygen atoms in total. The Kier molecular flexibility index (Phi) is 5.87. The molecular formula is C15H22ClNS. The zero-order valence-electron chi connectivity index (χ0n) is 11.0. The van der Waals surface area contributed by atoms with E-state index in [1.807, 2.05) is 23.9 Å². The lowest BCUT2D eigenvalue weighted by atomic mass is 9.87. The molecule has 1 fully saturated rings. The molecule has 2 atom stereocenters. The monoisotopic (exact) mass is 283 g/mol. The van der Waals surface area contributed by atoms with E-state index in [9.17, 15) is 0 Å². The first-order chi connectivity index (χ1) is 8.74. The Morgan fingerprint density at radius 1 is 1.28 bits per heavy atom. The molecule has 0 radical (unpaired) electrons. The van der Waals surface area contributed by atoms with Crippen molar-refractivity contribution in [2.45, 2.75) is 43.5 Å². The van der Waals surface area contributed by atoms with Crippen LogP contribution in [0.1, 0.15) is 32.6 Å². The normalized spacial score (nSPS) is 24.1. The lowest BCUT2D eigenvalue weighted by molar-refractivity contribution is 0.306. The van der Waals surface area contributed by atoms with E-state index in [2.05, 4.69) is 24.4 Å². The van der Waals surface area contributed by atoms with Crippen molar-refractivity contribution in [2.24, 2.45) is 5.92 Å². The molecule has 2 unspecified atom stereocenters. The Hall–Kier alpha value is -0.180. The molecular weight excluding hydrogens is 262 g/mol. The van der Waals surface area contributed by atoms with Gasteiger partial charge in [-0.3, -0.25) is 0 Å². The fraction of sp³-hybridized carbons (Fsp3) is 0.600. The molecule has 1 aliphatic carbocycles. The molecule has 1 N–H and O–H groups in total. The third-order valence-corrected chi connectivity index (χ3v) is 4.82. The van der Waals surface area contributed by atoms with Gasteiger partial charge in [0.2, 0.25) is 0 Å². The van der Waals surface area contributed by atoms with Gasteiger partial charge in [0.05, 0.1) is 0 Å². The summed E-state index contributed by atoms with van der Waals surface area (Å²) in [6.07, 6.45) is 5.52. The zero-order chi connectivity index (χ0) is 12.8. The van der Waals surface area contributed by atoms with Gasteiger partial charge in [-0.1, -0.05) is 31.4 Å². The molecule has 2 rings (SSSR count). The van der Waals surface area contributed by atoms with E-state index < -0.39 is 0 Å². The number of thioether (sulfide) groups is 1. The molecule has 0 amide bonds. The van der Waals surface area contributed by atoms with Crippen LogP contribution in [0.15, 0.2) is 29.2 Å². The van der Waals surface area contributed by atoms with Gasteiger partial charge < -0.3 is 5.32 Å². The molecule has 1 saturated carbocycles. The highest BCUT2D eigenvalue weighted by molar-refractivity contribution is 7.99. The summed E-state index contributed by atoms with van der Waals surface area (Å²) < 4.78 is 0. The maximum Gasteiger partial charge on any atom is 0.0406 e. The summed E-state index contributed by atoms with van der Waals surface area (Å²) in [6.45, 7) is 3.47. The van der Waals surface area contributed by atoms with Crippen LogP contribution in [0.4, 0.5) is 0 Å². The second-order valence-electron chi connectivity index (χ2n) is 5.23. The Morgan fingerprint density at radius 3 is 2.78 bits per heavy atom. The molecule has 100 valence electrons. The highest BCUT2D eigenvalue weighted by Crippen LogP contribution is 2.24. The summed E-state index contributed by atoms with van der Waals surface area (Å²) in [5.41, 5.74) is 0. The predicted octanol–water partition coefficient (Wildman–Crippen LogP) is 4.60. The van der Waals surface area contributed by atoms with Crippen molar-refractivity contribution in [3.63, 3.8) is 0 Å². The van der Waals surface area contributed by atoms with Gasteiger partial charge in [0.25, 0.3) is 0 Å². The third-order valence-electron chi connectivity index (χ3n) is 3.55. The molecule has 1 aliphatic rings. The van der Waals surface area contributed by atoms with Crippen LogP contribution in [0.2, 0.25) is 5.02 Å². The van der Waals surface area contributed by atoms with Crippen LogP contribution in [0.3, 0.4) is 0 Å². The smallest absolute Gasteiger partial charge is 0.0406 e. The van der Waals surface area contributed by atoms with Gasteiger partial charge in [0, 0.05) is 28.3 Å². The Morgan fingerprint density at radius 2 is 2.06 bits per heavy atom. The minimum Gasteiger partial charge on any atom is -0.313 e. The first kappa shape index (κ1) is 14.2. The van der Waals surface area contributed by atoms with Crippen LogP contribution < -0.4 is 5.32 Å². The van der Waals surface area contributed by atoms with Gasteiger partial charge in [-0.15, -0.1) is 11.8 Å². The molecule has 1 aromatic rings. The Labute approximate surface area is 120 Å². The van der Waals surface area contributed by atoms with Crippen molar-refractivity contribution in [1.82, 2.24) is 5.32 Å². The van der Waals surface area contributed by atoms with Crippen LogP contribution in [0.25, 0.3) is 0 Å². The quantitative estimate of drug-likeness (QED) is 0.626. The average Bonchev–Trinajstić information content (AvgIpc) is 2.37. The SMILES string of the molecule is CC1CCCC(NCCSc2ccc(Cl)cc2)C1. The van der Waals surface area contributed by atoms with Crippen LogP contribution >= 0.6 is 23.4 Å². The number of rotatable bonds is 5. The summed E-state index contributed by atoms with van der Waals surface area (Å²) in [4.78, 5) is 1.30. The van der Waals surface area contributed by atoms with Gasteiger partial charge in [0.1, 0.15) is 0 Å². The summed E-state index contributed by atoms with van der Waals surface area (Å²) in [5.74, 6) is 2.03. The van der Waals surface area contributed by atoms with E-state index >= 15 is 0 Å². The predicted molar refractivity (Wildman–Crippen MR) is 81.6 cm³/mol. The van der Waals surface area contributed by atoms with Gasteiger partial charge in [-0.05, 0) is 43.0 Å². The number of benzene rings is 1. The lowest BCUT2D eigenvalue weighted by Crippen LogP contribution is -2.34. The highest BCUT2D eigenvalue weighted by atomic mass is 35.5. The van der Waals surface area contributed by atoms with Crippen molar-refractivity contribution in [3.8, 4) is 0 Å². The molecule has 0 aliphatic heterocycles. The van der Waals surface area contributed by atoms with Gasteiger partial charge in [-0.2, -0.15) is 0 Å². The van der Waals surface area contributed by atoms with E-state index in [0.717, 1.165) is 29.3 Å². The Bertz CT molecular complexity index is 352. The van der Waals surface area contributed by atoms with Crippen LogP contribution in [0, 0.1) is 5.92 Å². The van der Waals surface area contributed by atoms with Crippen LogP contribution in [-0.2, 0) is 0 Å². The minimum atomic E-state index is 0.750. The molecule has 3 heteroatoms. The second kappa shape index (κ2) is 7.42. The number of hydrogen-bond acceptors (Lipinski definition) is 2. The van der Waals surface area contributed by atoms with E-state index in [0.29, 0.717) is 0 Å². The summed E-state index contributed by atoms with van der Waals surface area (Å²) >= 11 is 7.76. The fourth-order valence-corrected chi connectivity index (χ4v) is 3.49. The van der Waals surface area contributed by atoms with Gasteiger partial charge in [-0.25, -0.2) is 0 Å². The number of halogens is 1. The molecule has 0 aromatic heterocycles. The standard InChI is InChI=1S/C15H22ClNS/c1-12-3-2-4-14(11-12)17-9-10-18-15-7-5-13(16)6-8-15/h5-8,12,14,17H,2-4,9-11H2,1H3. The lowest BCUT2D eigenvalue weighted by Gasteiger charge is -2.27. The molecule has 0 spiro atoms. The third kappa shape index (κ3) is 4.83. The highest BCUT2D eigenvalue weighted by Gasteiger charge is 2.17. The van der Waals surface area contributed by atoms with Gasteiger partial charge in [0.15, 0.2) is 0 Å². The molecule has 1 aromatic carbocycles. The van der Waals surface area contributed by atoms with Crippen molar-refractivity contribution in [3.05, 3.63) is 29.3 Å². The van der Waals surface area contributed by atoms with Crippen LogP contribution in [0.5, 0.6) is 0 Å². The topological polar surface area (TPSA) is 12.0 Å². The first-order valence-corrected chi connectivity index (χ1v) is 8.22. The maximum absolute atomic E-state index is 5.87. The van der Waals surface area contributed by atoms with Gasteiger partial charge >= 0.3 is 0 Å². The molecule has 0 saturated heterocycles. The van der Waals surface area contributed by atoms with Crippen molar-refractivity contribution in [1.29, 1.82) is 0 Å². The van der Waals surface area contributed by atoms with E-state index in [1.165, 1.54) is 30.6 Å². The first-order valence-electron chi connectivity index (χ1n) is 6.86. The molecule has 0 heterocycles. The van der Waals surface area contributed by atoms with E-state index in [1.54, 1.807) is 0 Å². The number of nitrogens with one attached hydrogen (secondary N) is 1. The minimum absolute atomic E-state index is 0.750. The number of hydrogen-bond donors (Lipinski definition) is 1. The molecule has 18 heavy (non-hydrogen) atoms. The van der Waals surface area contributed by atoms with Crippen molar-refractivity contribution < 1.29 is 0 Å². The van der Waals surface area contributed by atoms with Crippen molar-refractivity contribution >= 4 is 23.4 Å². The van der Waals surface area contributed by atoms with E-state index in [4.69, 9.17) is 11.6 Å². The van der Waals surface area contributed by atoms with Crippen LogP contribution in [-0.4, -0.2) is 18.3 Å². The van der Waals surface area contributed by atoms with Crippen molar-refractivity contribution in [2.75, 3.05) is 12.3 Å². The molecule has 0 bridgehead atoms. The summed E-state index contributed by atoms with van der Waals surface area (Å²) in [6, 6.07) is 8.85. The summed E-state index contributed by atoms with van der Waals surface area (Å²) in [5, 5.41) is 4.50. The summed E-state index contributed by atoms with van der Waals surface area (Å²) in [7, 11) is 0. The largest absolute Gasteiger partial charge is 0.313 e. The maximum atomic E-state index is 5.87. The van der Waals surface area contributed by atoms with E-state index in [-0.39, 0.29) is 0 Å². The Balaban J connectivity index is 1.62.